The Morgan fingerprint density at radius 2 is 1.03 bits per heavy atom. The van der Waals surface area contributed by atoms with E-state index in [1.807, 2.05) is 0 Å². The van der Waals surface area contributed by atoms with E-state index in [1.54, 1.807) is 0 Å². The van der Waals surface area contributed by atoms with Crippen LogP contribution < -0.4 is 0 Å². The van der Waals surface area contributed by atoms with E-state index in [4.69, 9.17) is 0 Å². The second-order valence-electron chi connectivity index (χ2n) is 6.20. The molecule has 0 bridgehead atoms. The van der Waals surface area contributed by atoms with E-state index in [0.717, 1.165) is 24.3 Å². The third kappa shape index (κ3) is 3.86. The van der Waals surface area contributed by atoms with Gasteiger partial charge in [-0.15, -0.1) is 0 Å². The maximum atomic E-state index is 14.1. The first-order chi connectivity index (χ1) is 13.1. The van der Waals surface area contributed by atoms with Crippen LogP contribution in [0.15, 0.2) is 28.7 Å². The molecule has 2 atom stereocenters. The molecule has 0 fully saturated rings. The van der Waals surface area contributed by atoms with Gasteiger partial charge in [0, 0.05) is 4.47 Å². The van der Waals surface area contributed by atoms with Crippen molar-refractivity contribution in [2.75, 3.05) is 0 Å². The van der Waals surface area contributed by atoms with Gasteiger partial charge in [-0.25, -0.2) is 0 Å². The first-order valence-electron chi connectivity index (χ1n) is 7.46. The van der Waals surface area contributed by atoms with Gasteiger partial charge in [-0.2, -0.15) is 57.1 Å². The summed E-state index contributed by atoms with van der Waals surface area (Å²) in [7, 11) is 0. The maximum absolute atomic E-state index is 14.1. The summed E-state index contributed by atoms with van der Waals surface area (Å²) in [6.45, 7) is -0.00323. The van der Waals surface area contributed by atoms with Crippen molar-refractivity contribution in [1.29, 1.82) is 0 Å². The third-order valence-corrected chi connectivity index (χ3v) is 4.74. The highest BCUT2D eigenvalue weighted by Gasteiger charge is 2.91. The molecule has 0 saturated heterocycles. The lowest BCUT2D eigenvalue weighted by Crippen LogP contribution is -2.71. The van der Waals surface area contributed by atoms with Crippen LogP contribution in [0.3, 0.4) is 0 Å². The van der Waals surface area contributed by atoms with Crippen LogP contribution in [0.1, 0.15) is 18.6 Å². The van der Waals surface area contributed by atoms with Crippen molar-refractivity contribution in [3.8, 4) is 0 Å². The number of halogens is 14. The minimum Gasteiger partial charge on any atom is -0.388 e. The van der Waals surface area contributed by atoms with Crippen LogP contribution in [0.4, 0.5) is 57.1 Å². The topological polar surface area (TPSA) is 20.2 Å². The summed E-state index contributed by atoms with van der Waals surface area (Å²) in [6, 6.07) is 3.89. The van der Waals surface area contributed by atoms with Gasteiger partial charge in [0.2, 0.25) is 0 Å². The molecule has 1 nitrogen and oxygen atoms in total. The fraction of sp³-hybridized carbons (Fsp3) is 0.600. The Kier molecular flexibility index (Phi) is 6.88. The van der Waals surface area contributed by atoms with E-state index in [-0.39, 0.29) is 6.92 Å². The molecule has 15 heteroatoms. The molecule has 0 aliphatic heterocycles. The van der Waals surface area contributed by atoms with Crippen molar-refractivity contribution in [2.45, 2.75) is 48.8 Å². The summed E-state index contributed by atoms with van der Waals surface area (Å²) in [5.41, 5.74) is -0.586. The van der Waals surface area contributed by atoms with Gasteiger partial charge in [0.1, 0.15) is 0 Å². The SMILES string of the molecule is CC(C(O)c1ccc(Br)cc1)C(F)(F)C(F)(F)C(F)(F)C(F)(F)C(F)(F)C(F)(F)F. The summed E-state index contributed by atoms with van der Waals surface area (Å²) in [4.78, 5) is 0. The van der Waals surface area contributed by atoms with Gasteiger partial charge in [0.15, 0.2) is 0 Å². The molecule has 1 aromatic rings. The second-order valence-corrected chi connectivity index (χ2v) is 7.12. The van der Waals surface area contributed by atoms with E-state index in [9.17, 15) is 62.2 Å². The molecule has 0 radical (unpaired) electrons. The smallest absolute Gasteiger partial charge is 0.388 e. The van der Waals surface area contributed by atoms with Crippen LogP contribution in [0.5, 0.6) is 0 Å². The van der Waals surface area contributed by atoms with Crippen molar-refractivity contribution in [1.82, 2.24) is 0 Å². The summed E-state index contributed by atoms with van der Waals surface area (Å²) in [6.07, 6.45) is -10.2. The minimum atomic E-state index is -7.96. The molecule has 0 amide bonds. The molecule has 174 valence electrons. The molecule has 1 rings (SSSR count). The Morgan fingerprint density at radius 3 is 1.40 bits per heavy atom. The van der Waals surface area contributed by atoms with E-state index >= 15 is 0 Å². The predicted octanol–water partition coefficient (Wildman–Crippen LogP) is 6.86. The zero-order valence-electron chi connectivity index (χ0n) is 14.2. The fourth-order valence-corrected chi connectivity index (χ4v) is 2.48. The van der Waals surface area contributed by atoms with Crippen LogP contribution in [0.25, 0.3) is 0 Å². The maximum Gasteiger partial charge on any atom is 0.460 e. The summed E-state index contributed by atoms with van der Waals surface area (Å²) in [5.74, 6) is -40.8. The van der Waals surface area contributed by atoms with Crippen LogP contribution in [0, 0.1) is 5.92 Å². The second kappa shape index (κ2) is 7.71. The van der Waals surface area contributed by atoms with Crippen molar-refractivity contribution < 1.29 is 62.2 Å². The number of hydrogen-bond acceptors (Lipinski definition) is 1. The van der Waals surface area contributed by atoms with Crippen molar-refractivity contribution >= 4 is 15.9 Å². The van der Waals surface area contributed by atoms with Crippen LogP contribution in [-0.2, 0) is 0 Å². The van der Waals surface area contributed by atoms with Gasteiger partial charge < -0.3 is 5.11 Å². The molecule has 0 spiro atoms. The van der Waals surface area contributed by atoms with Crippen molar-refractivity contribution in [3.63, 3.8) is 0 Å². The number of alkyl halides is 13. The Hall–Kier alpha value is -1.25. The number of hydrogen-bond donors (Lipinski definition) is 1. The Morgan fingerprint density at radius 1 is 0.667 bits per heavy atom. The summed E-state index contributed by atoms with van der Waals surface area (Å²) >= 11 is 2.89. The lowest BCUT2D eigenvalue weighted by molar-refractivity contribution is -0.444. The Labute approximate surface area is 168 Å². The molecule has 30 heavy (non-hydrogen) atoms. The molecular formula is C15H10BrF13O. The number of aliphatic hydroxyl groups is 1. The normalized spacial score (nSPS) is 17.1. The molecule has 2 unspecified atom stereocenters. The molecule has 0 aliphatic carbocycles. The Balaban J connectivity index is 3.45. The number of aliphatic hydroxyl groups excluding tert-OH is 1. The number of rotatable bonds is 7. The molecule has 1 aromatic carbocycles. The van der Waals surface area contributed by atoms with Gasteiger partial charge in [0.05, 0.1) is 12.0 Å². The fourth-order valence-electron chi connectivity index (χ4n) is 2.21. The third-order valence-electron chi connectivity index (χ3n) is 4.21. The highest BCUT2D eigenvalue weighted by molar-refractivity contribution is 9.10. The Bertz CT molecular complexity index is 742. The van der Waals surface area contributed by atoms with Crippen molar-refractivity contribution in [2.24, 2.45) is 5.92 Å². The monoisotopic (exact) mass is 532 g/mol. The quantitative estimate of drug-likeness (QED) is 0.380. The highest BCUT2D eigenvalue weighted by Crippen LogP contribution is 2.61. The number of benzene rings is 1. The molecule has 0 aliphatic rings. The van der Waals surface area contributed by atoms with Crippen molar-refractivity contribution in [3.05, 3.63) is 34.3 Å². The van der Waals surface area contributed by atoms with Crippen LogP contribution in [-0.4, -0.2) is 40.9 Å². The lowest BCUT2D eigenvalue weighted by atomic mass is 9.84. The summed E-state index contributed by atoms with van der Waals surface area (Å²) < 4.78 is 171. The average Bonchev–Trinajstić information content (AvgIpc) is 2.59. The molecular weight excluding hydrogens is 523 g/mol. The van der Waals surface area contributed by atoms with Crippen LogP contribution >= 0.6 is 15.9 Å². The zero-order chi connectivity index (χ0) is 24.1. The first kappa shape index (κ1) is 26.8. The summed E-state index contributed by atoms with van der Waals surface area (Å²) in [5, 5.41) is 9.75. The van der Waals surface area contributed by atoms with E-state index in [1.165, 1.54) is 0 Å². The predicted molar refractivity (Wildman–Crippen MR) is 79.1 cm³/mol. The van der Waals surface area contributed by atoms with E-state index < -0.39 is 53.4 Å². The molecule has 0 saturated carbocycles. The van der Waals surface area contributed by atoms with Gasteiger partial charge in [-0.1, -0.05) is 35.0 Å². The molecule has 0 heterocycles. The van der Waals surface area contributed by atoms with E-state index in [0.29, 0.717) is 4.47 Å². The lowest BCUT2D eigenvalue weighted by Gasteiger charge is -2.42. The zero-order valence-corrected chi connectivity index (χ0v) is 15.8. The van der Waals surface area contributed by atoms with Gasteiger partial charge in [0.25, 0.3) is 0 Å². The van der Waals surface area contributed by atoms with Gasteiger partial charge in [-0.3, -0.25) is 0 Å². The van der Waals surface area contributed by atoms with E-state index in [2.05, 4.69) is 15.9 Å². The van der Waals surface area contributed by atoms with Crippen LogP contribution in [0.2, 0.25) is 0 Å². The van der Waals surface area contributed by atoms with Gasteiger partial charge >= 0.3 is 35.8 Å². The minimum absolute atomic E-state index is 0.00323. The molecule has 0 aromatic heterocycles. The van der Waals surface area contributed by atoms with Gasteiger partial charge in [-0.05, 0) is 17.7 Å². The highest BCUT2D eigenvalue weighted by atomic mass is 79.9. The first-order valence-corrected chi connectivity index (χ1v) is 8.26. The molecule has 1 N–H and O–H groups in total. The average molecular weight is 533 g/mol. The standard InChI is InChI=1S/C15H10BrF13O/c1-6(9(30)7-2-4-8(16)5-3-7)10(17,18)11(19,20)12(21,22)13(23,24)14(25,26)15(27,28)29/h2-6,9,30H,1H3. The largest absolute Gasteiger partial charge is 0.460 e.